The number of nitrogens with one attached hydrogen (secondary N) is 1. The molecule has 1 aliphatic heterocycles. The molecule has 0 saturated heterocycles. The van der Waals surface area contributed by atoms with Gasteiger partial charge in [-0.15, -0.1) is 0 Å². The Kier molecular flexibility index (Phi) is 4.07. The first kappa shape index (κ1) is 15.6. The van der Waals surface area contributed by atoms with E-state index < -0.39 is 0 Å². The van der Waals surface area contributed by atoms with Crippen LogP contribution in [0.2, 0.25) is 0 Å². The van der Waals surface area contributed by atoms with Gasteiger partial charge in [-0.3, -0.25) is 14.7 Å². The molecule has 0 aromatic carbocycles. The van der Waals surface area contributed by atoms with Crippen LogP contribution in [0.3, 0.4) is 0 Å². The van der Waals surface area contributed by atoms with Crippen molar-refractivity contribution in [3.8, 4) is 11.5 Å². The van der Waals surface area contributed by atoms with E-state index in [0.29, 0.717) is 24.5 Å². The van der Waals surface area contributed by atoms with Crippen molar-refractivity contribution >= 4 is 0 Å². The van der Waals surface area contributed by atoms with Gasteiger partial charge in [0.2, 0.25) is 0 Å². The standard InChI is InChI=1S/C18H18N6O/c1-12-20-8-13(9-21-12)10-24-7-5-14-16(11-24)22-17(23-18(14)25)15-4-2-3-6-19-15/h2-4,6,8-9H,5,7,10-11H2,1H3,(H,22,23,25). The lowest BCUT2D eigenvalue weighted by molar-refractivity contribution is 0.240. The van der Waals surface area contributed by atoms with Gasteiger partial charge in [-0.2, -0.15) is 0 Å². The zero-order valence-electron chi connectivity index (χ0n) is 13.9. The number of aromatic amines is 1. The highest BCUT2D eigenvalue weighted by Gasteiger charge is 2.21. The monoisotopic (exact) mass is 334 g/mol. The maximum Gasteiger partial charge on any atom is 0.254 e. The first-order chi connectivity index (χ1) is 12.2. The summed E-state index contributed by atoms with van der Waals surface area (Å²) in [6.45, 7) is 4.06. The molecule has 0 atom stereocenters. The van der Waals surface area contributed by atoms with E-state index in [1.54, 1.807) is 6.20 Å². The molecule has 1 aliphatic rings. The van der Waals surface area contributed by atoms with E-state index in [0.717, 1.165) is 35.7 Å². The van der Waals surface area contributed by atoms with Crippen molar-refractivity contribution in [3.63, 3.8) is 0 Å². The molecule has 0 unspecified atom stereocenters. The van der Waals surface area contributed by atoms with Crippen molar-refractivity contribution in [3.05, 3.63) is 69.8 Å². The molecular formula is C18H18N6O. The minimum absolute atomic E-state index is 0.0658. The molecule has 3 aromatic heterocycles. The Morgan fingerprint density at radius 1 is 1.20 bits per heavy atom. The van der Waals surface area contributed by atoms with E-state index in [-0.39, 0.29) is 5.56 Å². The van der Waals surface area contributed by atoms with Gasteiger partial charge in [0.1, 0.15) is 11.5 Å². The normalized spacial score (nSPS) is 14.3. The molecule has 25 heavy (non-hydrogen) atoms. The van der Waals surface area contributed by atoms with Gasteiger partial charge >= 0.3 is 0 Å². The molecule has 0 spiro atoms. The molecule has 0 radical (unpaired) electrons. The largest absolute Gasteiger partial charge is 0.305 e. The van der Waals surface area contributed by atoms with Crippen molar-refractivity contribution in [2.24, 2.45) is 0 Å². The average molecular weight is 334 g/mol. The zero-order chi connectivity index (χ0) is 17.2. The van der Waals surface area contributed by atoms with Crippen LogP contribution in [0.4, 0.5) is 0 Å². The van der Waals surface area contributed by atoms with Gasteiger partial charge in [-0.1, -0.05) is 6.07 Å². The van der Waals surface area contributed by atoms with Gasteiger partial charge in [0, 0.05) is 49.4 Å². The number of hydrogen-bond donors (Lipinski definition) is 1. The fourth-order valence-corrected chi connectivity index (χ4v) is 3.01. The van der Waals surface area contributed by atoms with Crippen molar-refractivity contribution < 1.29 is 0 Å². The first-order valence-electron chi connectivity index (χ1n) is 8.22. The first-order valence-corrected chi connectivity index (χ1v) is 8.22. The van der Waals surface area contributed by atoms with Crippen molar-refractivity contribution in [1.82, 2.24) is 29.8 Å². The molecule has 7 nitrogen and oxygen atoms in total. The van der Waals surface area contributed by atoms with Gasteiger partial charge in [-0.25, -0.2) is 15.0 Å². The van der Waals surface area contributed by atoms with Crippen LogP contribution in [0.5, 0.6) is 0 Å². The Hall–Kier alpha value is -2.93. The van der Waals surface area contributed by atoms with E-state index in [4.69, 9.17) is 0 Å². The molecule has 0 bridgehead atoms. The van der Waals surface area contributed by atoms with E-state index in [9.17, 15) is 4.79 Å². The number of rotatable bonds is 3. The minimum Gasteiger partial charge on any atom is -0.305 e. The van der Waals surface area contributed by atoms with Gasteiger partial charge in [0.05, 0.1) is 5.69 Å². The molecule has 0 fully saturated rings. The highest BCUT2D eigenvalue weighted by Crippen LogP contribution is 2.18. The van der Waals surface area contributed by atoms with E-state index in [1.807, 2.05) is 37.5 Å². The van der Waals surface area contributed by atoms with E-state index >= 15 is 0 Å². The van der Waals surface area contributed by atoms with Crippen LogP contribution < -0.4 is 5.56 Å². The molecule has 4 rings (SSSR count). The van der Waals surface area contributed by atoms with Crippen LogP contribution in [-0.4, -0.2) is 36.4 Å². The summed E-state index contributed by atoms with van der Waals surface area (Å²) in [6, 6.07) is 5.56. The van der Waals surface area contributed by atoms with Gasteiger partial charge in [0.25, 0.3) is 5.56 Å². The van der Waals surface area contributed by atoms with Crippen LogP contribution in [-0.2, 0) is 19.5 Å². The highest BCUT2D eigenvalue weighted by molar-refractivity contribution is 5.49. The summed E-state index contributed by atoms with van der Waals surface area (Å²) in [4.78, 5) is 34.9. The topological polar surface area (TPSA) is 87.7 Å². The summed E-state index contributed by atoms with van der Waals surface area (Å²) < 4.78 is 0. The van der Waals surface area contributed by atoms with E-state index in [1.165, 1.54) is 0 Å². The number of nitrogens with zero attached hydrogens (tertiary/aromatic N) is 5. The summed E-state index contributed by atoms with van der Waals surface area (Å²) in [5.74, 6) is 1.28. The number of pyridine rings is 1. The molecule has 4 heterocycles. The Labute approximate surface area is 144 Å². The molecule has 1 N–H and O–H groups in total. The number of fused-ring (bicyclic) bond motifs is 1. The fraction of sp³-hybridized carbons (Fsp3) is 0.278. The Bertz CT molecular complexity index is 936. The van der Waals surface area contributed by atoms with Crippen molar-refractivity contribution in [1.29, 1.82) is 0 Å². The van der Waals surface area contributed by atoms with Crippen molar-refractivity contribution in [2.45, 2.75) is 26.4 Å². The van der Waals surface area contributed by atoms with Crippen LogP contribution in [0.1, 0.15) is 22.6 Å². The minimum atomic E-state index is -0.0658. The summed E-state index contributed by atoms with van der Waals surface area (Å²) in [6.07, 6.45) is 6.08. The average Bonchev–Trinajstić information content (AvgIpc) is 2.64. The number of aromatic nitrogens is 5. The van der Waals surface area contributed by atoms with Crippen LogP contribution in [0.25, 0.3) is 11.5 Å². The van der Waals surface area contributed by atoms with Crippen LogP contribution >= 0.6 is 0 Å². The summed E-state index contributed by atoms with van der Waals surface area (Å²) in [7, 11) is 0. The van der Waals surface area contributed by atoms with Crippen LogP contribution in [0, 0.1) is 6.92 Å². The Morgan fingerprint density at radius 2 is 2.04 bits per heavy atom. The lowest BCUT2D eigenvalue weighted by Gasteiger charge is -2.27. The second-order valence-electron chi connectivity index (χ2n) is 6.15. The molecule has 7 heteroatoms. The Morgan fingerprint density at radius 3 is 2.80 bits per heavy atom. The molecular weight excluding hydrogens is 316 g/mol. The predicted molar refractivity (Wildman–Crippen MR) is 92.7 cm³/mol. The van der Waals surface area contributed by atoms with E-state index in [2.05, 4.69) is 29.8 Å². The zero-order valence-corrected chi connectivity index (χ0v) is 13.9. The molecule has 0 aliphatic carbocycles. The fourth-order valence-electron chi connectivity index (χ4n) is 3.01. The van der Waals surface area contributed by atoms with Gasteiger partial charge < -0.3 is 4.98 Å². The summed E-state index contributed by atoms with van der Waals surface area (Å²) in [5, 5.41) is 0. The SMILES string of the molecule is Cc1ncc(CN2CCc3c(nc(-c4ccccn4)[nH]c3=O)C2)cn1. The lowest BCUT2D eigenvalue weighted by Crippen LogP contribution is -2.35. The molecule has 0 amide bonds. The van der Waals surface area contributed by atoms with Gasteiger partial charge in [0.15, 0.2) is 5.82 Å². The molecule has 126 valence electrons. The van der Waals surface area contributed by atoms with Gasteiger partial charge in [-0.05, 0) is 25.5 Å². The molecule has 3 aromatic rings. The quantitative estimate of drug-likeness (QED) is 0.781. The summed E-state index contributed by atoms with van der Waals surface area (Å²) in [5.41, 5.74) is 3.26. The summed E-state index contributed by atoms with van der Waals surface area (Å²) >= 11 is 0. The number of hydrogen-bond acceptors (Lipinski definition) is 6. The second-order valence-corrected chi connectivity index (χ2v) is 6.15. The Balaban J connectivity index is 1.60. The third-order valence-corrected chi connectivity index (χ3v) is 4.30. The maximum absolute atomic E-state index is 12.4. The highest BCUT2D eigenvalue weighted by atomic mass is 16.1. The second kappa shape index (κ2) is 6.52. The van der Waals surface area contributed by atoms with Crippen LogP contribution in [0.15, 0.2) is 41.6 Å². The maximum atomic E-state index is 12.4. The third-order valence-electron chi connectivity index (χ3n) is 4.30. The lowest BCUT2D eigenvalue weighted by atomic mass is 10.1. The number of H-pyrrole nitrogens is 1. The predicted octanol–water partition coefficient (Wildman–Crippen LogP) is 1.49. The van der Waals surface area contributed by atoms with Crippen molar-refractivity contribution in [2.75, 3.05) is 6.54 Å². The smallest absolute Gasteiger partial charge is 0.254 e. The molecule has 0 saturated carbocycles. The third kappa shape index (κ3) is 3.32. The number of aryl methyl sites for hydroxylation is 1.